The number of aliphatic hydroxyl groups is 3. The molecule has 4 atom stereocenters. The van der Waals surface area contributed by atoms with Gasteiger partial charge in [-0.05, 0) is 12.1 Å². The third kappa shape index (κ3) is 5.45. The summed E-state index contributed by atoms with van der Waals surface area (Å²) in [5.41, 5.74) is 1.32. The fraction of sp³-hybridized carbons (Fsp3) is 0.526. The molecule has 2 aromatic rings. The van der Waals surface area contributed by atoms with Gasteiger partial charge in [0, 0.05) is 32.0 Å². The standard InChI is InChI=1S/C19H25N3O8/c1-11(24)27-9-12-3-4-14(6-17(12)28-10-13-7-20-21-22(13)2)29-19-18(26)16(25)5-15(8-23)30-19/h3-4,6-7,15-16,18-19,23,25-26H,5,8-10H2,1-2H3/t15-,16-,18+,19+/m0/s1. The number of carbonyl (C=O) groups excluding carboxylic acids is 1. The number of ether oxygens (including phenoxy) is 4. The van der Waals surface area contributed by atoms with Gasteiger partial charge in [-0.15, -0.1) is 5.10 Å². The van der Waals surface area contributed by atoms with Crippen LogP contribution in [0.15, 0.2) is 24.4 Å². The van der Waals surface area contributed by atoms with E-state index in [0.29, 0.717) is 17.1 Å². The summed E-state index contributed by atoms with van der Waals surface area (Å²) < 4.78 is 23.7. The normalized spacial score (nSPS) is 23.8. The molecular formula is C19H25N3O8. The molecule has 11 heteroatoms. The van der Waals surface area contributed by atoms with Gasteiger partial charge in [-0.1, -0.05) is 5.21 Å². The number of hydrogen-bond acceptors (Lipinski definition) is 10. The quantitative estimate of drug-likeness (QED) is 0.482. The smallest absolute Gasteiger partial charge is 0.302 e. The van der Waals surface area contributed by atoms with Crippen molar-refractivity contribution in [1.29, 1.82) is 0 Å². The summed E-state index contributed by atoms with van der Waals surface area (Å²) in [4.78, 5) is 11.2. The summed E-state index contributed by atoms with van der Waals surface area (Å²) in [6, 6.07) is 4.82. The van der Waals surface area contributed by atoms with Crippen LogP contribution in [-0.4, -0.2) is 67.5 Å². The minimum atomic E-state index is -1.28. The predicted octanol–water partition coefficient (Wildman–Crippen LogP) is -0.335. The Morgan fingerprint density at radius 3 is 2.80 bits per heavy atom. The van der Waals surface area contributed by atoms with Crippen LogP contribution in [0.25, 0.3) is 0 Å². The van der Waals surface area contributed by atoms with E-state index in [1.54, 1.807) is 36.1 Å². The van der Waals surface area contributed by atoms with Crippen LogP contribution < -0.4 is 9.47 Å². The molecule has 0 bridgehead atoms. The van der Waals surface area contributed by atoms with Gasteiger partial charge in [-0.2, -0.15) is 0 Å². The zero-order valence-corrected chi connectivity index (χ0v) is 16.7. The largest absolute Gasteiger partial charge is 0.487 e. The molecule has 0 spiro atoms. The summed E-state index contributed by atoms with van der Waals surface area (Å²) >= 11 is 0. The number of carbonyl (C=O) groups is 1. The van der Waals surface area contributed by atoms with E-state index in [0.717, 1.165) is 5.69 Å². The highest BCUT2D eigenvalue weighted by molar-refractivity contribution is 5.66. The highest BCUT2D eigenvalue weighted by Crippen LogP contribution is 2.29. The molecule has 1 aliphatic heterocycles. The number of hydrogen-bond donors (Lipinski definition) is 3. The van der Waals surface area contributed by atoms with Gasteiger partial charge >= 0.3 is 5.97 Å². The molecule has 1 saturated heterocycles. The van der Waals surface area contributed by atoms with Crippen LogP contribution in [0, 0.1) is 0 Å². The maximum absolute atomic E-state index is 11.2. The average Bonchev–Trinajstić information content (AvgIpc) is 3.13. The van der Waals surface area contributed by atoms with Crippen molar-refractivity contribution in [3.05, 3.63) is 35.7 Å². The minimum Gasteiger partial charge on any atom is -0.487 e. The number of nitrogens with zero attached hydrogens (tertiary/aromatic N) is 3. The molecule has 0 amide bonds. The maximum Gasteiger partial charge on any atom is 0.302 e. The van der Waals surface area contributed by atoms with Crippen molar-refractivity contribution in [3.63, 3.8) is 0 Å². The van der Waals surface area contributed by atoms with Crippen LogP contribution in [0.5, 0.6) is 11.5 Å². The first-order chi connectivity index (χ1) is 14.4. The third-order valence-electron chi connectivity index (χ3n) is 4.61. The number of aromatic nitrogens is 3. The van der Waals surface area contributed by atoms with E-state index in [2.05, 4.69) is 10.3 Å². The van der Waals surface area contributed by atoms with Gasteiger partial charge in [0.25, 0.3) is 0 Å². The molecule has 1 aliphatic rings. The number of benzene rings is 1. The molecule has 2 heterocycles. The summed E-state index contributed by atoms with van der Waals surface area (Å²) in [5, 5.41) is 37.0. The zero-order chi connectivity index (χ0) is 21.7. The number of aliphatic hydroxyl groups excluding tert-OH is 3. The molecule has 0 radical (unpaired) electrons. The van der Waals surface area contributed by atoms with Gasteiger partial charge in [0.1, 0.15) is 30.8 Å². The summed E-state index contributed by atoms with van der Waals surface area (Å²) in [6.07, 6.45) is -2.51. The molecule has 0 saturated carbocycles. The van der Waals surface area contributed by atoms with Crippen molar-refractivity contribution in [3.8, 4) is 11.5 Å². The van der Waals surface area contributed by atoms with Gasteiger partial charge < -0.3 is 34.3 Å². The molecule has 1 aromatic carbocycles. The van der Waals surface area contributed by atoms with Crippen LogP contribution in [0.2, 0.25) is 0 Å². The van der Waals surface area contributed by atoms with Gasteiger partial charge in [-0.25, -0.2) is 4.68 Å². The van der Waals surface area contributed by atoms with Gasteiger partial charge in [0.15, 0.2) is 0 Å². The van der Waals surface area contributed by atoms with Crippen molar-refractivity contribution in [2.75, 3.05) is 6.61 Å². The van der Waals surface area contributed by atoms with Crippen LogP contribution in [0.1, 0.15) is 24.6 Å². The Morgan fingerprint density at radius 1 is 1.33 bits per heavy atom. The highest BCUT2D eigenvalue weighted by atomic mass is 16.7. The summed E-state index contributed by atoms with van der Waals surface area (Å²) in [7, 11) is 1.73. The molecule has 11 nitrogen and oxygen atoms in total. The van der Waals surface area contributed by atoms with E-state index in [-0.39, 0.29) is 26.2 Å². The Balaban J connectivity index is 1.77. The second-order valence-corrected chi connectivity index (χ2v) is 6.91. The minimum absolute atomic E-state index is 0.00242. The Bertz CT molecular complexity index is 858. The van der Waals surface area contributed by atoms with Crippen LogP contribution >= 0.6 is 0 Å². The number of esters is 1. The van der Waals surface area contributed by atoms with Crippen molar-refractivity contribution < 1.29 is 39.1 Å². The Hall–Kier alpha value is -2.73. The molecule has 1 aromatic heterocycles. The number of rotatable bonds is 8. The van der Waals surface area contributed by atoms with Crippen LogP contribution in [-0.2, 0) is 34.5 Å². The Morgan fingerprint density at radius 2 is 2.13 bits per heavy atom. The second-order valence-electron chi connectivity index (χ2n) is 6.91. The monoisotopic (exact) mass is 423 g/mol. The van der Waals surface area contributed by atoms with E-state index < -0.39 is 30.6 Å². The molecule has 3 N–H and O–H groups in total. The molecule has 30 heavy (non-hydrogen) atoms. The first-order valence-electron chi connectivity index (χ1n) is 9.39. The Kier molecular flexibility index (Phi) is 7.21. The molecule has 0 unspecified atom stereocenters. The van der Waals surface area contributed by atoms with E-state index in [4.69, 9.17) is 18.9 Å². The van der Waals surface area contributed by atoms with Crippen molar-refractivity contribution >= 4 is 5.97 Å². The molecule has 0 aliphatic carbocycles. The lowest BCUT2D eigenvalue weighted by atomic mass is 10.0. The molecule has 164 valence electrons. The predicted molar refractivity (Wildman–Crippen MR) is 100 cm³/mol. The molecule has 3 rings (SSSR count). The highest BCUT2D eigenvalue weighted by Gasteiger charge is 2.38. The third-order valence-corrected chi connectivity index (χ3v) is 4.61. The molecule has 1 fully saturated rings. The van der Waals surface area contributed by atoms with Crippen LogP contribution in [0.4, 0.5) is 0 Å². The maximum atomic E-state index is 11.2. The van der Waals surface area contributed by atoms with E-state index >= 15 is 0 Å². The first kappa shape index (κ1) is 22.0. The van der Waals surface area contributed by atoms with Crippen molar-refractivity contribution in [1.82, 2.24) is 15.0 Å². The topological polar surface area (TPSA) is 145 Å². The summed E-state index contributed by atoms with van der Waals surface area (Å²) in [6.45, 7) is 1.17. The SMILES string of the molecule is CC(=O)OCc1ccc(O[C@@H]2O[C@H](CO)C[C@H](O)[C@H]2O)cc1OCc1cnnn1C. The average molecular weight is 423 g/mol. The fourth-order valence-corrected chi connectivity index (χ4v) is 2.90. The Labute approximate surface area is 172 Å². The molecular weight excluding hydrogens is 398 g/mol. The first-order valence-corrected chi connectivity index (χ1v) is 9.39. The lowest BCUT2D eigenvalue weighted by molar-refractivity contribution is -0.240. The van der Waals surface area contributed by atoms with E-state index in [1.807, 2.05) is 0 Å². The lowest BCUT2D eigenvalue weighted by Crippen LogP contribution is -2.51. The van der Waals surface area contributed by atoms with Crippen molar-refractivity contribution in [2.24, 2.45) is 7.05 Å². The van der Waals surface area contributed by atoms with Crippen LogP contribution in [0.3, 0.4) is 0 Å². The van der Waals surface area contributed by atoms with Gasteiger partial charge in [0.05, 0.1) is 30.7 Å². The van der Waals surface area contributed by atoms with Crippen molar-refractivity contribution in [2.45, 2.75) is 51.2 Å². The van der Waals surface area contributed by atoms with Gasteiger partial charge in [0.2, 0.25) is 6.29 Å². The zero-order valence-electron chi connectivity index (χ0n) is 16.7. The summed E-state index contributed by atoms with van der Waals surface area (Å²) in [5.74, 6) is 0.258. The van der Waals surface area contributed by atoms with E-state index in [9.17, 15) is 20.1 Å². The fourth-order valence-electron chi connectivity index (χ4n) is 2.90. The van der Waals surface area contributed by atoms with E-state index in [1.165, 1.54) is 6.92 Å². The lowest BCUT2D eigenvalue weighted by Gasteiger charge is -2.36. The second kappa shape index (κ2) is 9.85. The van der Waals surface area contributed by atoms with Gasteiger partial charge in [-0.3, -0.25) is 4.79 Å². The number of aryl methyl sites for hydroxylation is 1.